The normalized spacial score (nSPS) is 15.8. The van der Waals surface area contributed by atoms with Crippen LogP contribution >= 0.6 is 0 Å². The van der Waals surface area contributed by atoms with Gasteiger partial charge in [-0.05, 0) is 196 Å². The summed E-state index contributed by atoms with van der Waals surface area (Å²) < 4.78 is 0. The first kappa shape index (κ1) is 55.3. The highest BCUT2D eigenvalue weighted by Crippen LogP contribution is 2.60. The monoisotopic (exact) mass is 1010 g/mol. The molecule has 0 nitrogen and oxygen atoms in total. The van der Waals surface area contributed by atoms with Crippen molar-refractivity contribution in [1.82, 2.24) is 0 Å². The van der Waals surface area contributed by atoms with E-state index in [1.807, 2.05) is 0 Å². The van der Waals surface area contributed by atoms with Crippen LogP contribution in [0.2, 0.25) is 0 Å². The molecule has 2 aliphatic carbocycles. The van der Waals surface area contributed by atoms with Crippen LogP contribution in [-0.2, 0) is 23.7 Å². The van der Waals surface area contributed by atoms with Gasteiger partial charge in [-0.3, -0.25) is 0 Å². The molecule has 0 heteroatoms. The Morgan fingerprint density at radius 1 is 0.368 bits per heavy atom. The summed E-state index contributed by atoms with van der Waals surface area (Å²) in [5.41, 5.74) is 27.8. The molecule has 0 aromatic heterocycles. The van der Waals surface area contributed by atoms with Crippen molar-refractivity contribution in [3.05, 3.63) is 200 Å². The number of fused-ring (bicyclic) bond motifs is 6. The summed E-state index contributed by atoms with van der Waals surface area (Å²) in [6.07, 6.45) is 25.0. The molecular formula is C76H94. The predicted octanol–water partition coefficient (Wildman–Crippen LogP) is 22.3. The van der Waals surface area contributed by atoms with Crippen LogP contribution in [-0.4, -0.2) is 0 Å². The minimum atomic E-state index is -0.466. The lowest BCUT2D eigenvalue weighted by molar-refractivity contribution is 0.266. The van der Waals surface area contributed by atoms with Crippen molar-refractivity contribution in [2.75, 3.05) is 0 Å². The van der Waals surface area contributed by atoms with Crippen molar-refractivity contribution >= 4 is 0 Å². The van der Waals surface area contributed by atoms with E-state index in [1.165, 1.54) is 216 Å². The maximum absolute atomic E-state index is 2.72. The van der Waals surface area contributed by atoms with E-state index in [0.29, 0.717) is 11.8 Å². The summed E-state index contributed by atoms with van der Waals surface area (Å²) in [7, 11) is 0. The standard InChI is InChI=1S/C76H94/c1-11-17-21-23-29-59-31-25-33-64(46-59)76(65-34-26-32-60(47-65)30-24-22-18-12-2)73-45-53(7)35-39-68(73)69-41-37-62(49-74(69)76)61-36-40-66-67-42-38-63(70-44-54(8)43-55(9)56(70)10)50-72(67)75(71(66)48-61,51-57(15-5)27-19-13-3)52-58(16-6)28-20-14-4/h25-26,31-50,57-58H,11-24,27-30,51-52H2,1-10H3. The zero-order valence-corrected chi connectivity index (χ0v) is 49.0. The number of hydrogen-bond donors (Lipinski definition) is 0. The van der Waals surface area contributed by atoms with E-state index in [1.54, 1.807) is 11.1 Å². The average molecular weight is 1010 g/mol. The van der Waals surface area contributed by atoms with Gasteiger partial charge in [0.25, 0.3) is 0 Å². The van der Waals surface area contributed by atoms with Crippen LogP contribution in [0.4, 0.5) is 0 Å². The van der Waals surface area contributed by atoms with E-state index in [4.69, 9.17) is 0 Å². The van der Waals surface area contributed by atoms with Crippen molar-refractivity contribution in [3.8, 4) is 44.5 Å². The summed E-state index contributed by atoms with van der Waals surface area (Å²) in [6, 6.07) is 54.9. The van der Waals surface area contributed by atoms with Gasteiger partial charge in [0.05, 0.1) is 5.41 Å². The number of unbranched alkanes of at least 4 members (excludes halogenated alkanes) is 8. The zero-order valence-electron chi connectivity index (χ0n) is 49.0. The van der Waals surface area contributed by atoms with E-state index >= 15 is 0 Å². The van der Waals surface area contributed by atoms with E-state index in [-0.39, 0.29) is 5.41 Å². The van der Waals surface area contributed by atoms with Crippen LogP contribution < -0.4 is 0 Å². The molecule has 0 radical (unpaired) electrons. The highest BCUT2D eigenvalue weighted by molar-refractivity contribution is 5.91. The van der Waals surface area contributed by atoms with Crippen molar-refractivity contribution in [3.63, 3.8) is 0 Å². The van der Waals surface area contributed by atoms with Gasteiger partial charge in [-0.25, -0.2) is 0 Å². The Bertz CT molecular complexity index is 3010. The number of rotatable bonds is 26. The second-order valence-electron chi connectivity index (χ2n) is 24.2. The second kappa shape index (κ2) is 24.9. The number of aryl methyl sites for hydroxylation is 5. The molecule has 2 atom stereocenters. The number of hydrogen-bond acceptors (Lipinski definition) is 0. The van der Waals surface area contributed by atoms with Gasteiger partial charge in [-0.2, -0.15) is 0 Å². The van der Waals surface area contributed by atoms with E-state index in [0.717, 1.165) is 12.8 Å². The Hall–Kier alpha value is -5.46. The smallest absolute Gasteiger partial charge is 0.0654 e. The van der Waals surface area contributed by atoms with Crippen molar-refractivity contribution in [1.29, 1.82) is 0 Å². The van der Waals surface area contributed by atoms with Gasteiger partial charge in [0.15, 0.2) is 0 Å². The SMILES string of the molecule is CCCCCCc1cccc(C2(c3cccc(CCCCCC)c3)c3cc(C)ccc3-c3ccc(-c4ccc5c(c4)C(CC(CC)CCCC)(CC(CC)CCCC)c4cc(-c6cc(C)cc(C)c6C)ccc4-5)cc32)c1. The minimum absolute atomic E-state index is 0.0876. The molecule has 9 rings (SSSR count). The lowest BCUT2D eigenvalue weighted by Gasteiger charge is -2.39. The van der Waals surface area contributed by atoms with E-state index in [2.05, 4.69) is 203 Å². The third kappa shape index (κ3) is 11.0. The molecule has 2 unspecified atom stereocenters. The average Bonchev–Trinajstić information content (AvgIpc) is 4.06. The molecule has 0 N–H and O–H groups in total. The van der Waals surface area contributed by atoms with Gasteiger partial charge in [0.1, 0.15) is 0 Å². The fraction of sp³-hybridized carbons (Fsp3) is 0.447. The van der Waals surface area contributed by atoms with Gasteiger partial charge in [-0.15, -0.1) is 0 Å². The molecule has 76 heavy (non-hydrogen) atoms. The van der Waals surface area contributed by atoms with Crippen molar-refractivity contribution < 1.29 is 0 Å². The van der Waals surface area contributed by atoms with Gasteiger partial charge in [0, 0.05) is 5.41 Å². The summed E-state index contributed by atoms with van der Waals surface area (Å²) in [5, 5.41) is 0. The molecule has 7 aromatic rings. The van der Waals surface area contributed by atoms with Crippen LogP contribution in [0, 0.1) is 39.5 Å². The van der Waals surface area contributed by atoms with Crippen molar-refractivity contribution in [2.45, 2.75) is 208 Å². The first-order valence-electron chi connectivity index (χ1n) is 30.9. The highest BCUT2D eigenvalue weighted by Gasteiger charge is 2.48. The number of benzene rings is 7. The Labute approximate surface area is 462 Å². The summed E-state index contributed by atoms with van der Waals surface area (Å²) in [6.45, 7) is 23.6. The predicted molar refractivity (Wildman–Crippen MR) is 331 cm³/mol. The van der Waals surface area contributed by atoms with Crippen LogP contribution in [0.15, 0.2) is 133 Å². The molecule has 0 bridgehead atoms. The lowest BCUT2D eigenvalue weighted by Crippen LogP contribution is -2.31. The summed E-state index contributed by atoms with van der Waals surface area (Å²) >= 11 is 0. The van der Waals surface area contributed by atoms with Crippen LogP contribution in [0.1, 0.15) is 224 Å². The molecule has 0 spiro atoms. The van der Waals surface area contributed by atoms with Gasteiger partial charge < -0.3 is 0 Å². The van der Waals surface area contributed by atoms with Crippen LogP contribution in [0.3, 0.4) is 0 Å². The molecule has 0 saturated carbocycles. The largest absolute Gasteiger partial charge is 0.0714 e. The fourth-order valence-electron chi connectivity index (χ4n) is 14.4. The maximum Gasteiger partial charge on any atom is 0.0714 e. The summed E-state index contributed by atoms with van der Waals surface area (Å²) in [4.78, 5) is 0. The maximum atomic E-state index is 2.72. The third-order valence-corrected chi connectivity index (χ3v) is 18.8. The molecule has 2 aliphatic rings. The Morgan fingerprint density at radius 3 is 1.34 bits per heavy atom. The van der Waals surface area contributed by atoms with Gasteiger partial charge in [-0.1, -0.05) is 258 Å². The molecule has 0 fully saturated rings. The molecule has 0 aliphatic heterocycles. The lowest BCUT2D eigenvalue weighted by atomic mass is 9.64. The molecular weight excluding hydrogens is 913 g/mol. The summed E-state index contributed by atoms with van der Waals surface area (Å²) in [5.74, 6) is 1.31. The van der Waals surface area contributed by atoms with Crippen LogP contribution in [0.5, 0.6) is 0 Å². The Morgan fingerprint density at radius 2 is 0.829 bits per heavy atom. The van der Waals surface area contributed by atoms with Crippen molar-refractivity contribution in [2.24, 2.45) is 11.8 Å². The molecule has 0 saturated heterocycles. The minimum Gasteiger partial charge on any atom is -0.0654 e. The topological polar surface area (TPSA) is 0 Å². The Kier molecular flexibility index (Phi) is 18.1. The molecule has 0 amide bonds. The molecule has 0 heterocycles. The first-order valence-corrected chi connectivity index (χ1v) is 30.9. The van der Waals surface area contributed by atoms with Crippen LogP contribution in [0.25, 0.3) is 44.5 Å². The Balaban J connectivity index is 1.27. The first-order chi connectivity index (χ1) is 37.0. The molecule has 7 aromatic carbocycles. The third-order valence-electron chi connectivity index (χ3n) is 18.8. The second-order valence-corrected chi connectivity index (χ2v) is 24.2. The molecule has 398 valence electrons. The van der Waals surface area contributed by atoms with Gasteiger partial charge in [0.2, 0.25) is 0 Å². The van der Waals surface area contributed by atoms with E-state index in [9.17, 15) is 0 Å². The highest BCUT2D eigenvalue weighted by atomic mass is 14.5. The quantitative estimate of drug-likeness (QED) is 0.0474. The zero-order chi connectivity index (χ0) is 53.4. The van der Waals surface area contributed by atoms with Gasteiger partial charge >= 0.3 is 0 Å². The van der Waals surface area contributed by atoms with E-state index < -0.39 is 5.41 Å². The fourth-order valence-corrected chi connectivity index (χ4v) is 14.4.